The van der Waals surface area contributed by atoms with E-state index in [1.807, 2.05) is 42.5 Å². The molecule has 0 saturated carbocycles. The van der Waals surface area contributed by atoms with Gasteiger partial charge in [-0.15, -0.1) is 11.8 Å². The lowest BCUT2D eigenvalue weighted by Crippen LogP contribution is -2.42. The summed E-state index contributed by atoms with van der Waals surface area (Å²) in [6, 6.07) is 19.0. The van der Waals surface area contributed by atoms with E-state index in [9.17, 15) is 14.0 Å². The Morgan fingerprint density at radius 1 is 0.880 bits per heavy atom. The standard InChI is InChI=1S/C19H15FN2O2S/c20-16-8-5-14(6-9-16)19(24)22-21-18(23)12-25-17-10-7-13-3-1-2-4-15(13)11-17/h1-11H,12H2,(H,21,23)(H,22,24). The lowest BCUT2D eigenvalue weighted by molar-refractivity contribution is -0.119. The molecule has 2 N–H and O–H groups in total. The zero-order valence-electron chi connectivity index (χ0n) is 13.2. The van der Waals surface area contributed by atoms with Gasteiger partial charge in [0.05, 0.1) is 5.75 Å². The number of hydrazine groups is 1. The first-order valence-electron chi connectivity index (χ1n) is 7.58. The molecule has 0 fully saturated rings. The third-order valence-electron chi connectivity index (χ3n) is 3.51. The molecule has 126 valence electrons. The second-order valence-electron chi connectivity index (χ2n) is 5.31. The van der Waals surface area contributed by atoms with Crippen molar-refractivity contribution in [2.24, 2.45) is 0 Å². The first-order valence-corrected chi connectivity index (χ1v) is 8.57. The minimum Gasteiger partial charge on any atom is -0.272 e. The van der Waals surface area contributed by atoms with Crippen molar-refractivity contribution in [2.75, 3.05) is 5.75 Å². The highest BCUT2D eigenvalue weighted by Gasteiger charge is 2.08. The molecule has 6 heteroatoms. The van der Waals surface area contributed by atoms with Crippen LogP contribution in [0, 0.1) is 5.82 Å². The van der Waals surface area contributed by atoms with E-state index in [2.05, 4.69) is 10.9 Å². The molecule has 0 aromatic heterocycles. The summed E-state index contributed by atoms with van der Waals surface area (Å²) in [6.45, 7) is 0. The smallest absolute Gasteiger partial charge is 0.269 e. The van der Waals surface area contributed by atoms with Gasteiger partial charge in [-0.2, -0.15) is 0 Å². The van der Waals surface area contributed by atoms with E-state index in [1.54, 1.807) is 0 Å². The van der Waals surface area contributed by atoms with E-state index in [1.165, 1.54) is 36.0 Å². The van der Waals surface area contributed by atoms with Gasteiger partial charge in [-0.3, -0.25) is 20.4 Å². The van der Waals surface area contributed by atoms with Gasteiger partial charge < -0.3 is 0 Å². The molecule has 0 heterocycles. The van der Waals surface area contributed by atoms with Gasteiger partial charge in [-0.05, 0) is 47.2 Å². The van der Waals surface area contributed by atoms with Crippen molar-refractivity contribution in [1.29, 1.82) is 0 Å². The summed E-state index contributed by atoms with van der Waals surface area (Å²) in [5.41, 5.74) is 4.93. The van der Waals surface area contributed by atoms with Crippen LogP contribution in [0.1, 0.15) is 10.4 Å². The highest BCUT2D eigenvalue weighted by molar-refractivity contribution is 8.00. The Kier molecular flexibility index (Phi) is 5.30. The number of hydrogen-bond acceptors (Lipinski definition) is 3. The van der Waals surface area contributed by atoms with Crippen molar-refractivity contribution in [2.45, 2.75) is 4.90 Å². The van der Waals surface area contributed by atoms with Crippen LogP contribution >= 0.6 is 11.8 Å². The summed E-state index contributed by atoms with van der Waals surface area (Å²) in [4.78, 5) is 24.7. The van der Waals surface area contributed by atoms with E-state index in [0.29, 0.717) is 0 Å². The number of carbonyl (C=O) groups is 2. The number of rotatable bonds is 4. The summed E-state index contributed by atoms with van der Waals surface area (Å²) >= 11 is 1.38. The molecule has 3 aromatic rings. The second-order valence-corrected chi connectivity index (χ2v) is 6.36. The van der Waals surface area contributed by atoms with Gasteiger partial charge >= 0.3 is 0 Å². The molecular weight excluding hydrogens is 339 g/mol. The van der Waals surface area contributed by atoms with Gasteiger partial charge in [-0.1, -0.05) is 30.3 Å². The summed E-state index contributed by atoms with van der Waals surface area (Å²) in [5, 5.41) is 2.25. The fourth-order valence-electron chi connectivity index (χ4n) is 2.24. The highest BCUT2D eigenvalue weighted by atomic mass is 32.2. The molecule has 0 bridgehead atoms. The molecule has 0 radical (unpaired) electrons. The maximum Gasteiger partial charge on any atom is 0.269 e. The summed E-state index contributed by atoms with van der Waals surface area (Å²) in [5.74, 6) is -1.08. The van der Waals surface area contributed by atoms with Crippen LogP contribution in [0.3, 0.4) is 0 Å². The van der Waals surface area contributed by atoms with Gasteiger partial charge in [-0.25, -0.2) is 4.39 Å². The summed E-state index contributed by atoms with van der Waals surface area (Å²) < 4.78 is 12.8. The molecule has 3 rings (SSSR count). The number of fused-ring (bicyclic) bond motifs is 1. The minimum atomic E-state index is -0.496. The van der Waals surface area contributed by atoms with Crippen molar-refractivity contribution in [3.8, 4) is 0 Å². The van der Waals surface area contributed by atoms with Crippen LogP contribution in [0.2, 0.25) is 0 Å². The normalized spacial score (nSPS) is 10.4. The van der Waals surface area contributed by atoms with Crippen LogP contribution in [0.15, 0.2) is 71.6 Å². The first kappa shape index (κ1) is 17.0. The van der Waals surface area contributed by atoms with Crippen molar-refractivity contribution >= 4 is 34.3 Å². The number of nitrogens with one attached hydrogen (secondary N) is 2. The number of halogens is 1. The average molecular weight is 354 g/mol. The lowest BCUT2D eigenvalue weighted by Gasteiger charge is -2.08. The predicted octanol–water partition coefficient (Wildman–Crippen LogP) is 3.53. The van der Waals surface area contributed by atoms with Crippen LogP contribution in [-0.2, 0) is 4.79 Å². The Balaban J connectivity index is 1.50. The van der Waals surface area contributed by atoms with E-state index < -0.39 is 11.7 Å². The number of amides is 2. The van der Waals surface area contributed by atoms with Crippen LogP contribution in [0.5, 0.6) is 0 Å². The number of hydrogen-bond donors (Lipinski definition) is 2. The molecule has 0 spiro atoms. The van der Waals surface area contributed by atoms with E-state index >= 15 is 0 Å². The zero-order chi connectivity index (χ0) is 17.6. The molecule has 0 unspecified atom stereocenters. The minimum absolute atomic E-state index is 0.169. The second kappa shape index (κ2) is 7.81. The van der Waals surface area contributed by atoms with Crippen LogP contribution in [0.25, 0.3) is 10.8 Å². The van der Waals surface area contributed by atoms with Crippen LogP contribution < -0.4 is 10.9 Å². The van der Waals surface area contributed by atoms with Gasteiger partial charge in [0.15, 0.2) is 0 Å². The SMILES string of the molecule is O=C(CSc1ccc2ccccc2c1)NNC(=O)c1ccc(F)cc1. The number of benzene rings is 3. The van der Waals surface area contributed by atoms with E-state index in [0.717, 1.165) is 15.7 Å². The van der Waals surface area contributed by atoms with Crippen LogP contribution in [0.4, 0.5) is 4.39 Å². The molecular formula is C19H15FN2O2S. The molecule has 0 atom stereocenters. The zero-order valence-corrected chi connectivity index (χ0v) is 14.0. The monoisotopic (exact) mass is 354 g/mol. The van der Waals surface area contributed by atoms with E-state index in [4.69, 9.17) is 0 Å². The summed E-state index contributed by atoms with van der Waals surface area (Å²) in [7, 11) is 0. The topological polar surface area (TPSA) is 58.2 Å². The van der Waals surface area contributed by atoms with Gasteiger partial charge in [0.2, 0.25) is 5.91 Å². The molecule has 4 nitrogen and oxygen atoms in total. The Bertz CT molecular complexity index is 913. The van der Waals surface area contributed by atoms with Crippen molar-refractivity contribution in [1.82, 2.24) is 10.9 Å². The Labute approximate surface area is 148 Å². The van der Waals surface area contributed by atoms with Crippen LogP contribution in [-0.4, -0.2) is 17.6 Å². The molecule has 0 aliphatic carbocycles. The maximum absolute atomic E-state index is 12.8. The lowest BCUT2D eigenvalue weighted by atomic mass is 10.1. The fourth-order valence-corrected chi connectivity index (χ4v) is 2.99. The van der Waals surface area contributed by atoms with Gasteiger partial charge in [0.1, 0.15) is 5.82 Å². The number of thioether (sulfide) groups is 1. The summed E-state index contributed by atoms with van der Waals surface area (Å²) in [6.07, 6.45) is 0. The van der Waals surface area contributed by atoms with Gasteiger partial charge in [0.25, 0.3) is 5.91 Å². The number of carbonyl (C=O) groups excluding carboxylic acids is 2. The molecule has 0 saturated heterocycles. The Hall–Kier alpha value is -2.86. The molecule has 3 aromatic carbocycles. The van der Waals surface area contributed by atoms with Gasteiger partial charge in [0, 0.05) is 10.5 Å². The molecule has 0 aliphatic heterocycles. The highest BCUT2D eigenvalue weighted by Crippen LogP contribution is 2.23. The molecule has 0 aliphatic rings. The van der Waals surface area contributed by atoms with E-state index in [-0.39, 0.29) is 17.2 Å². The molecule has 2 amide bonds. The van der Waals surface area contributed by atoms with Crippen molar-refractivity contribution in [3.05, 3.63) is 78.1 Å². The molecule has 25 heavy (non-hydrogen) atoms. The predicted molar refractivity (Wildman–Crippen MR) is 96.7 cm³/mol. The third-order valence-corrected chi connectivity index (χ3v) is 4.51. The quantitative estimate of drug-likeness (QED) is 0.557. The van der Waals surface area contributed by atoms with Crippen molar-refractivity contribution in [3.63, 3.8) is 0 Å². The first-order chi connectivity index (χ1) is 12.1. The third kappa shape index (κ3) is 4.58. The average Bonchev–Trinajstić information content (AvgIpc) is 2.65. The Morgan fingerprint density at radius 2 is 1.60 bits per heavy atom. The maximum atomic E-state index is 12.8. The fraction of sp³-hybridized carbons (Fsp3) is 0.0526. The Morgan fingerprint density at radius 3 is 2.36 bits per heavy atom. The van der Waals surface area contributed by atoms with Crippen molar-refractivity contribution < 1.29 is 14.0 Å². The largest absolute Gasteiger partial charge is 0.272 e.